The van der Waals surface area contributed by atoms with Gasteiger partial charge in [-0.3, -0.25) is 0 Å². The van der Waals surface area contributed by atoms with Crippen LogP contribution < -0.4 is 4.74 Å². The van der Waals surface area contributed by atoms with Crippen molar-refractivity contribution in [3.63, 3.8) is 0 Å². The van der Waals surface area contributed by atoms with Crippen molar-refractivity contribution in [2.45, 2.75) is 6.42 Å². The third-order valence-electron chi connectivity index (χ3n) is 3.65. The molecule has 0 unspecified atom stereocenters. The Balaban J connectivity index is 2.03. The SMILES string of the molecule is COc1ccc(-n2c(Cl)ccc2C2=CCC(=S(=O)=O)C=C2)cc1. The molecule has 1 heterocycles. The van der Waals surface area contributed by atoms with Crippen LogP contribution in [0.1, 0.15) is 12.1 Å². The van der Waals surface area contributed by atoms with Gasteiger partial charge in [-0.2, -0.15) is 8.42 Å². The standard InChI is InChI=1S/C17H14ClNO3S/c1-22-14-6-4-13(5-7-14)19-16(10-11-17(19)18)12-2-8-15(9-3-12)23(20)21/h2-8,10-11H,9H2,1H3. The molecule has 3 rings (SSSR count). The van der Waals surface area contributed by atoms with Gasteiger partial charge < -0.3 is 9.30 Å². The van der Waals surface area contributed by atoms with Gasteiger partial charge in [0.2, 0.25) is 10.3 Å². The van der Waals surface area contributed by atoms with Crippen LogP contribution in [0.15, 0.2) is 54.6 Å². The first kappa shape index (κ1) is 15.6. The second kappa shape index (κ2) is 6.48. The molecular weight excluding hydrogens is 334 g/mol. The van der Waals surface area contributed by atoms with Crippen LogP contribution in [0.4, 0.5) is 0 Å². The van der Waals surface area contributed by atoms with E-state index in [0.29, 0.717) is 16.4 Å². The highest BCUT2D eigenvalue weighted by Crippen LogP contribution is 2.29. The maximum absolute atomic E-state index is 11.0. The number of nitrogens with zero attached hydrogens (tertiary/aromatic N) is 1. The molecule has 0 aliphatic heterocycles. The van der Waals surface area contributed by atoms with E-state index in [1.54, 1.807) is 19.3 Å². The fraction of sp³-hybridized carbons (Fsp3) is 0.118. The normalized spacial score (nSPS) is 13.8. The monoisotopic (exact) mass is 347 g/mol. The van der Waals surface area contributed by atoms with E-state index in [1.165, 1.54) is 0 Å². The van der Waals surface area contributed by atoms with Gasteiger partial charge in [-0.25, -0.2) is 0 Å². The summed E-state index contributed by atoms with van der Waals surface area (Å²) < 4.78 is 29.1. The van der Waals surface area contributed by atoms with Gasteiger partial charge in [0.25, 0.3) is 0 Å². The lowest BCUT2D eigenvalue weighted by atomic mass is 10.0. The molecule has 0 atom stereocenters. The van der Waals surface area contributed by atoms with Crippen molar-refractivity contribution in [2.24, 2.45) is 0 Å². The molecule has 2 aromatic rings. The number of ether oxygens (including phenoxy) is 1. The first-order chi connectivity index (χ1) is 11.1. The predicted octanol–water partition coefficient (Wildman–Crippen LogP) is 3.53. The van der Waals surface area contributed by atoms with Crippen LogP contribution in [0, 0.1) is 0 Å². The van der Waals surface area contributed by atoms with E-state index in [9.17, 15) is 8.42 Å². The third kappa shape index (κ3) is 3.11. The highest BCUT2D eigenvalue weighted by Gasteiger charge is 2.14. The average molecular weight is 348 g/mol. The topological polar surface area (TPSA) is 48.3 Å². The molecule has 0 saturated heterocycles. The van der Waals surface area contributed by atoms with Crippen molar-refractivity contribution in [3.8, 4) is 11.4 Å². The Kier molecular flexibility index (Phi) is 4.41. The fourth-order valence-corrected chi connectivity index (χ4v) is 3.12. The second-order valence-corrected chi connectivity index (χ2v) is 6.35. The lowest BCUT2D eigenvalue weighted by Crippen LogP contribution is -2.03. The highest BCUT2D eigenvalue weighted by atomic mass is 35.5. The van der Waals surface area contributed by atoms with Gasteiger partial charge >= 0.3 is 0 Å². The summed E-state index contributed by atoms with van der Waals surface area (Å²) in [4.78, 5) is 0.377. The van der Waals surface area contributed by atoms with E-state index in [0.717, 1.165) is 22.7 Å². The maximum atomic E-state index is 11.0. The molecule has 23 heavy (non-hydrogen) atoms. The fourth-order valence-electron chi connectivity index (χ4n) is 2.47. The molecule has 0 bridgehead atoms. The molecule has 0 amide bonds. The van der Waals surface area contributed by atoms with Crippen molar-refractivity contribution in [1.29, 1.82) is 0 Å². The molecular formula is C17H14ClNO3S. The lowest BCUT2D eigenvalue weighted by Gasteiger charge is -2.14. The number of methoxy groups -OCH3 is 1. The first-order valence-electron chi connectivity index (χ1n) is 6.95. The van der Waals surface area contributed by atoms with Crippen LogP contribution in [0.25, 0.3) is 11.3 Å². The minimum atomic E-state index is -2.17. The zero-order valence-electron chi connectivity index (χ0n) is 12.4. The smallest absolute Gasteiger partial charge is 0.217 e. The van der Waals surface area contributed by atoms with E-state index in [2.05, 4.69) is 0 Å². The number of rotatable bonds is 3. The summed E-state index contributed by atoms with van der Waals surface area (Å²) in [6.45, 7) is 0. The first-order valence-corrected chi connectivity index (χ1v) is 8.41. The average Bonchev–Trinajstić information content (AvgIpc) is 2.96. The number of hydrogen-bond acceptors (Lipinski definition) is 3. The number of halogens is 1. The van der Waals surface area contributed by atoms with Crippen LogP contribution in [0.2, 0.25) is 5.15 Å². The number of allylic oxidation sites excluding steroid dienone is 4. The number of benzene rings is 1. The Morgan fingerprint density at radius 3 is 2.39 bits per heavy atom. The minimum absolute atomic E-state index is 0.377. The van der Waals surface area contributed by atoms with Crippen LogP contribution in [-0.2, 0) is 10.3 Å². The Labute approximate surface area is 140 Å². The summed E-state index contributed by atoms with van der Waals surface area (Å²) >= 11 is 6.33. The van der Waals surface area contributed by atoms with Gasteiger partial charge in [0.05, 0.1) is 17.7 Å². The van der Waals surface area contributed by atoms with Gasteiger partial charge in [0.1, 0.15) is 10.9 Å². The van der Waals surface area contributed by atoms with E-state index < -0.39 is 10.3 Å². The van der Waals surface area contributed by atoms with Crippen molar-refractivity contribution >= 4 is 32.3 Å². The molecule has 0 spiro atoms. The highest BCUT2D eigenvalue weighted by molar-refractivity contribution is 7.73. The summed E-state index contributed by atoms with van der Waals surface area (Å²) in [5.74, 6) is 0.771. The molecule has 0 radical (unpaired) electrons. The maximum Gasteiger partial charge on any atom is 0.217 e. The predicted molar refractivity (Wildman–Crippen MR) is 93.0 cm³/mol. The van der Waals surface area contributed by atoms with Gasteiger partial charge in [-0.15, -0.1) is 0 Å². The summed E-state index contributed by atoms with van der Waals surface area (Å²) in [6, 6.07) is 11.3. The molecule has 1 aromatic carbocycles. The van der Waals surface area contributed by atoms with E-state index in [-0.39, 0.29) is 0 Å². The van der Waals surface area contributed by atoms with E-state index in [1.807, 2.05) is 47.0 Å². The van der Waals surface area contributed by atoms with Crippen LogP contribution in [0.3, 0.4) is 0 Å². The Morgan fingerprint density at radius 1 is 1.09 bits per heavy atom. The van der Waals surface area contributed by atoms with Crippen LogP contribution in [0.5, 0.6) is 5.75 Å². The van der Waals surface area contributed by atoms with E-state index >= 15 is 0 Å². The van der Waals surface area contributed by atoms with Gasteiger partial charge in [-0.1, -0.05) is 23.8 Å². The Bertz CT molecular complexity index is 927. The third-order valence-corrected chi connectivity index (χ3v) is 4.67. The lowest BCUT2D eigenvalue weighted by molar-refractivity contribution is 0.414. The quantitative estimate of drug-likeness (QED) is 0.798. The van der Waals surface area contributed by atoms with Crippen LogP contribution in [-0.4, -0.2) is 25.0 Å². The van der Waals surface area contributed by atoms with Gasteiger partial charge in [0, 0.05) is 12.1 Å². The molecule has 1 aromatic heterocycles. The summed E-state index contributed by atoms with van der Waals surface area (Å²) in [6.07, 6.45) is 5.68. The molecule has 118 valence electrons. The zero-order chi connectivity index (χ0) is 16.4. The molecule has 0 fully saturated rings. The summed E-state index contributed by atoms with van der Waals surface area (Å²) in [5.41, 5.74) is 2.75. The summed E-state index contributed by atoms with van der Waals surface area (Å²) in [7, 11) is -0.555. The van der Waals surface area contributed by atoms with Crippen molar-refractivity contribution in [2.75, 3.05) is 7.11 Å². The van der Waals surface area contributed by atoms with Crippen molar-refractivity contribution in [3.05, 3.63) is 65.5 Å². The Hall–Kier alpha value is -2.24. The van der Waals surface area contributed by atoms with Crippen molar-refractivity contribution < 1.29 is 13.2 Å². The Morgan fingerprint density at radius 2 is 1.83 bits per heavy atom. The molecule has 0 N–H and O–H groups in total. The van der Waals surface area contributed by atoms with Crippen LogP contribution >= 0.6 is 11.6 Å². The van der Waals surface area contributed by atoms with E-state index in [4.69, 9.17) is 16.3 Å². The number of hydrogen-bond donors (Lipinski definition) is 0. The molecule has 4 nitrogen and oxygen atoms in total. The zero-order valence-corrected chi connectivity index (χ0v) is 13.9. The molecule has 1 aliphatic rings. The van der Waals surface area contributed by atoms with Crippen molar-refractivity contribution in [1.82, 2.24) is 4.57 Å². The molecule has 1 aliphatic carbocycles. The largest absolute Gasteiger partial charge is 0.497 e. The van der Waals surface area contributed by atoms with Gasteiger partial charge in [0.15, 0.2) is 0 Å². The second-order valence-electron chi connectivity index (χ2n) is 4.97. The molecule has 6 heteroatoms. The minimum Gasteiger partial charge on any atom is -0.497 e. The molecule has 0 saturated carbocycles. The number of aromatic nitrogens is 1. The van der Waals surface area contributed by atoms with Gasteiger partial charge in [-0.05, 0) is 48.0 Å². The summed E-state index contributed by atoms with van der Waals surface area (Å²) in [5, 5.41) is 0.585.